The third-order valence-corrected chi connectivity index (χ3v) is 3.22. The van der Waals surface area contributed by atoms with Gasteiger partial charge in [-0.2, -0.15) is 0 Å². The summed E-state index contributed by atoms with van der Waals surface area (Å²) < 4.78 is 5.88. The van der Waals surface area contributed by atoms with Gasteiger partial charge in [-0.25, -0.2) is 4.42 Å². The van der Waals surface area contributed by atoms with Crippen LogP contribution in [0.15, 0.2) is 59.0 Å². The molecule has 0 radical (unpaired) electrons. The van der Waals surface area contributed by atoms with Crippen LogP contribution in [0.3, 0.4) is 0 Å². The lowest BCUT2D eigenvalue weighted by Crippen LogP contribution is -1.85. The Morgan fingerprint density at radius 1 is 0.833 bits per heavy atom. The normalized spacial score (nSPS) is 10.8. The third kappa shape index (κ3) is 1.88. The van der Waals surface area contributed by atoms with Crippen LogP contribution in [-0.2, 0) is 0 Å². The zero-order valence-electron chi connectivity index (χ0n) is 10.6. The number of hydrogen-bond donors (Lipinski definition) is 0. The molecule has 0 spiro atoms. The van der Waals surface area contributed by atoms with Gasteiger partial charge < -0.3 is 0 Å². The van der Waals surface area contributed by atoms with Gasteiger partial charge in [-0.15, -0.1) is 0 Å². The fourth-order valence-corrected chi connectivity index (χ4v) is 2.19. The van der Waals surface area contributed by atoms with Gasteiger partial charge in [-0.05, 0) is 24.6 Å². The summed E-state index contributed by atoms with van der Waals surface area (Å²) in [5.41, 5.74) is 4.57. The SMILES string of the molecule is Cc1ccc(-c2cc3ccccc3[o+]c2C)cc1. The van der Waals surface area contributed by atoms with Gasteiger partial charge in [0.05, 0.1) is 17.9 Å². The smallest absolute Gasteiger partial charge is 0.212 e. The molecular weight excluding hydrogens is 220 g/mol. The Labute approximate surface area is 107 Å². The molecule has 2 aromatic carbocycles. The summed E-state index contributed by atoms with van der Waals surface area (Å²) in [7, 11) is 0. The molecule has 3 aromatic rings. The Balaban J connectivity index is 2.22. The Bertz CT molecular complexity index is 696. The summed E-state index contributed by atoms with van der Waals surface area (Å²) in [5.74, 6) is 0.956. The van der Waals surface area contributed by atoms with Crippen LogP contribution in [0.4, 0.5) is 0 Å². The molecular formula is C17H15O+. The van der Waals surface area contributed by atoms with Crippen molar-refractivity contribution >= 4 is 11.0 Å². The molecule has 1 heterocycles. The van der Waals surface area contributed by atoms with E-state index in [2.05, 4.69) is 43.3 Å². The fraction of sp³-hybridized carbons (Fsp3) is 0.118. The Kier molecular flexibility index (Phi) is 2.60. The maximum Gasteiger partial charge on any atom is 0.360 e. The number of hydrogen-bond acceptors (Lipinski definition) is 0. The monoisotopic (exact) mass is 235 g/mol. The first-order chi connectivity index (χ1) is 8.74. The van der Waals surface area contributed by atoms with Crippen molar-refractivity contribution in [2.24, 2.45) is 0 Å². The van der Waals surface area contributed by atoms with Crippen LogP contribution in [-0.4, -0.2) is 0 Å². The van der Waals surface area contributed by atoms with E-state index >= 15 is 0 Å². The van der Waals surface area contributed by atoms with Crippen molar-refractivity contribution in [1.82, 2.24) is 0 Å². The molecule has 0 saturated heterocycles. The lowest BCUT2D eigenvalue weighted by molar-refractivity contribution is 0.568. The number of rotatable bonds is 1. The average molecular weight is 235 g/mol. The molecule has 0 aliphatic carbocycles. The van der Waals surface area contributed by atoms with Gasteiger partial charge in [0, 0.05) is 6.07 Å². The Morgan fingerprint density at radius 2 is 1.56 bits per heavy atom. The van der Waals surface area contributed by atoms with Gasteiger partial charge >= 0.3 is 11.3 Å². The molecule has 0 bridgehead atoms. The molecule has 1 heteroatoms. The van der Waals surface area contributed by atoms with Gasteiger partial charge in [0.15, 0.2) is 0 Å². The molecule has 1 nitrogen and oxygen atoms in total. The van der Waals surface area contributed by atoms with E-state index in [4.69, 9.17) is 4.42 Å². The van der Waals surface area contributed by atoms with Crippen molar-refractivity contribution in [3.8, 4) is 11.1 Å². The first kappa shape index (κ1) is 11.0. The predicted molar refractivity (Wildman–Crippen MR) is 75.5 cm³/mol. The zero-order chi connectivity index (χ0) is 12.5. The molecule has 1 aromatic heterocycles. The van der Waals surface area contributed by atoms with Crippen molar-refractivity contribution in [2.45, 2.75) is 13.8 Å². The molecule has 0 atom stereocenters. The van der Waals surface area contributed by atoms with E-state index in [9.17, 15) is 0 Å². The summed E-state index contributed by atoms with van der Waals surface area (Å²) >= 11 is 0. The van der Waals surface area contributed by atoms with Gasteiger partial charge in [-0.1, -0.05) is 42.0 Å². The van der Waals surface area contributed by atoms with E-state index in [0.29, 0.717) is 0 Å². The quantitative estimate of drug-likeness (QED) is 0.540. The van der Waals surface area contributed by atoms with Crippen LogP contribution >= 0.6 is 0 Å². The Hall–Kier alpha value is -2.15. The predicted octanol–water partition coefficient (Wildman–Crippen LogP) is 5.00. The van der Waals surface area contributed by atoms with Crippen molar-refractivity contribution in [3.05, 3.63) is 65.9 Å². The van der Waals surface area contributed by atoms with Crippen LogP contribution in [0.5, 0.6) is 0 Å². The van der Waals surface area contributed by atoms with Crippen LogP contribution < -0.4 is 0 Å². The van der Waals surface area contributed by atoms with E-state index < -0.39 is 0 Å². The standard InChI is InChI=1S/C17H15O/c1-12-7-9-14(10-8-12)16-11-15-5-3-4-6-17(15)18-13(16)2/h3-11H,1-2H3/q+1. The number of fused-ring (bicyclic) bond motifs is 1. The molecule has 88 valence electrons. The largest absolute Gasteiger partial charge is 0.360 e. The highest BCUT2D eigenvalue weighted by Gasteiger charge is 2.15. The first-order valence-corrected chi connectivity index (χ1v) is 6.13. The van der Waals surface area contributed by atoms with Crippen molar-refractivity contribution in [1.29, 1.82) is 0 Å². The highest BCUT2D eigenvalue weighted by Crippen LogP contribution is 2.28. The van der Waals surface area contributed by atoms with E-state index in [0.717, 1.165) is 22.3 Å². The lowest BCUT2D eigenvalue weighted by atomic mass is 10.0. The second-order valence-electron chi connectivity index (χ2n) is 4.62. The molecule has 0 N–H and O–H groups in total. The van der Waals surface area contributed by atoms with Gasteiger partial charge in [-0.3, -0.25) is 0 Å². The number of benzene rings is 2. The molecule has 0 saturated carbocycles. The molecule has 3 rings (SSSR count). The van der Waals surface area contributed by atoms with E-state index in [-0.39, 0.29) is 0 Å². The minimum absolute atomic E-state index is 0.936. The van der Waals surface area contributed by atoms with Crippen molar-refractivity contribution in [3.63, 3.8) is 0 Å². The summed E-state index contributed by atoms with van der Waals surface area (Å²) in [6, 6.07) is 18.8. The Morgan fingerprint density at radius 3 is 2.33 bits per heavy atom. The van der Waals surface area contributed by atoms with Gasteiger partial charge in [0.2, 0.25) is 0 Å². The highest BCUT2D eigenvalue weighted by molar-refractivity contribution is 5.82. The molecule has 0 aliphatic rings. The summed E-state index contributed by atoms with van der Waals surface area (Å²) in [6.07, 6.45) is 0. The molecule has 0 fully saturated rings. The summed E-state index contributed by atoms with van der Waals surface area (Å²) in [6.45, 7) is 4.11. The van der Waals surface area contributed by atoms with E-state index in [1.807, 2.05) is 25.1 Å². The lowest BCUT2D eigenvalue weighted by Gasteiger charge is -2.01. The van der Waals surface area contributed by atoms with Crippen LogP contribution in [0.2, 0.25) is 0 Å². The topological polar surface area (TPSA) is 11.3 Å². The average Bonchev–Trinajstić information content (AvgIpc) is 2.39. The first-order valence-electron chi connectivity index (χ1n) is 6.13. The van der Waals surface area contributed by atoms with Crippen LogP contribution in [0, 0.1) is 13.8 Å². The molecule has 18 heavy (non-hydrogen) atoms. The maximum atomic E-state index is 5.88. The van der Waals surface area contributed by atoms with E-state index in [1.165, 1.54) is 11.1 Å². The maximum absolute atomic E-state index is 5.88. The molecule has 0 amide bonds. The number of para-hydroxylation sites is 1. The summed E-state index contributed by atoms with van der Waals surface area (Å²) in [4.78, 5) is 0. The van der Waals surface area contributed by atoms with Crippen LogP contribution in [0.25, 0.3) is 22.1 Å². The second kappa shape index (κ2) is 4.26. The number of aryl methyl sites for hydroxylation is 2. The summed E-state index contributed by atoms with van der Waals surface area (Å²) in [5, 5.41) is 1.14. The fourth-order valence-electron chi connectivity index (χ4n) is 2.19. The van der Waals surface area contributed by atoms with Gasteiger partial charge in [0.25, 0.3) is 0 Å². The van der Waals surface area contributed by atoms with Gasteiger partial charge in [0.1, 0.15) is 0 Å². The second-order valence-corrected chi connectivity index (χ2v) is 4.62. The minimum atomic E-state index is 0.936. The van der Waals surface area contributed by atoms with Crippen LogP contribution in [0.1, 0.15) is 11.3 Å². The molecule has 0 unspecified atom stereocenters. The van der Waals surface area contributed by atoms with Crippen molar-refractivity contribution < 1.29 is 4.42 Å². The third-order valence-electron chi connectivity index (χ3n) is 3.22. The van der Waals surface area contributed by atoms with E-state index in [1.54, 1.807) is 0 Å². The molecule has 0 aliphatic heterocycles. The highest BCUT2D eigenvalue weighted by atomic mass is 16.3. The zero-order valence-corrected chi connectivity index (χ0v) is 10.6. The minimum Gasteiger partial charge on any atom is -0.212 e. The van der Waals surface area contributed by atoms with Crippen molar-refractivity contribution in [2.75, 3.05) is 0 Å².